The van der Waals surface area contributed by atoms with Gasteiger partial charge in [-0.05, 0) is 48.6 Å². The summed E-state index contributed by atoms with van der Waals surface area (Å²) in [7, 11) is 1.65. The summed E-state index contributed by atoms with van der Waals surface area (Å²) in [4.78, 5) is 31.4. The largest absolute Gasteiger partial charge is 0.497 e. The zero-order valence-electron chi connectivity index (χ0n) is 22.2. The van der Waals surface area contributed by atoms with Gasteiger partial charge < -0.3 is 26.0 Å². The first-order chi connectivity index (χ1) is 19.0. The third kappa shape index (κ3) is 5.50. The van der Waals surface area contributed by atoms with E-state index in [1.165, 1.54) is 0 Å². The van der Waals surface area contributed by atoms with Gasteiger partial charge in [0.1, 0.15) is 5.75 Å². The van der Waals surface area contributed by atoms with E-state index < -0.39 is 6.03 Å². The Labute approximate surface area is 227 Å². The van der Waals surface area contributed by atoms with Gasteiger partial charge in [-0.25, -0.2) is 14.5 Å². The van der Waals surface area contributed by atoms with E-state index in [0.29, 0.717) is 37.4 Å². The van der Waals surface area contributed by atoms with Crippen LogP contribution in [0.1, 0.15) is 35.7 Å². The number of piperidine rings is 1. The highest BCUT2D eigenvalue weighted by atomic mass is 16.5. The van der Waals surface area contributed by atoms with Crippen LogP contribution < -0.4 is 21.1 Å². The van der Waals surface area contributed by atoms with Gasteiger partial charge in [-0.1, -0.05) is 36.4 Å². The summed E-state index contributed by atoms with van der Waals surface area (Å²) in [6.07, 6.45) is 4.81. The molecule has 5 rings (SSSR count). The van der Waals surface area contributed by atoms with Crippen molar-refractivity contribution < 1.29 is 14.3 Å². The van der Waals surface area contributed by atoms with E-state index in [2.05, 4.69) is 20.7 Å². The standard InChI is InChI=1S/C29H33N7O3/c1-3-36-27-24(18-33-36)26(34-21-11-13-35(14-12-21)29(30)38)25(17-31-27)28(37)32-16-20-7-4-5-10-23(20)19-8-6-9-22(15-19)39-2/h4-10,15,17-18,21H,3,11-14,16H2,1-2H3,(H2,30,38)(H,31,34)(H,32,37). The highest BCUT2D eigenvalue weighted by molar-refractivity contribution is 6.06. The van der Waals surface area contributed by atoms with Crippen molar-refractivity contribution >= 4 is 28.7 Å². The number of nitrogens with two attached hydrogens (primary N) is 1. The van der Waals surface area contributed by atoms with Gasteiger partial charge in [-0.3, -0.25) is 4.79 Å². The van der Waals surface area contributed by atoms with Crippen molar-refractivity contribution in [2.75, 3.05) is 25.5 Å². The average Bonchev–Trinajstić information content (AvgIpc) is 3.40. The second kappa shape index (κ2) is 11.4. The molecule has 0 unspecified atom stereocenters. The van der Waals surface area contributed by atoms with Crippen molar-refractivity contribution in [3.63, 3.8) is 0 Å². The van der Waals surface area contributed by atoms with E-state index in [1.54, 1.807) is 24.4 Å². The predicted molar refractivity (Wildman–Crippen MR) is 151 cm³/mol. The van der Waals surface area contributed by atoms with Crippen LogP contribution in [0.2, 0.25) is 0 Å². The number of benzene rings is 2. The number of nitrogens with one attached hydrogen (secondary N) is 2. The summed E-state index contributed by atoms with van der Waals surface area (Å²) in [6.45, 7) is 4.14. The number of amides is 3. The maximum absolute atomic E-state index is 13.6. The molecule has 0 atom stereocenters. The van der Waals surface area contributed by atoms with Crippen molar-refractivity contribution in [3.8, 4) is 16.9 Å². The summed E-state index contributed by atoms with van der Waals surface area (Å²) in [5.74, 6) is 0.543. The molecule has 39 heavy (non-hydrogen) atoms. The number of nitrogens with zero attached hydrogens (tertiary/aromatic N) is 4. The van der Waals surface area contributed by atoms with Crippen molar-refractivity contribution in [2.24, 2.45) is 5.73 Å². The van der Waals surface area contributed by atoms with Gasteiger partial charge in [0.15, 0.2) is 5.65 Å². The molecule has 1 aliphatic heterocycles. The summed E-state index contributed by atoms with van der Waals surface area (Å²) >= 11 is 0. The van der Waals surface area contributed by atoms with E-state index in [-0.39, 0.29) is 11.9 Å². The van der Waals surface area contributed by atoms with Gasteiger partial charge in [0, 0.05) is 38.4 Å². The Morgan fingerprint density at radius 2 is 1.90 bits per heavy atom. The number of anilines is 1. The van der Waals surface area contributed by atoms with Crippen LogP contribution in [0.5, 0.6) is 5.75 Å². The lowest BCUT2D eigenvalue weighted by Gasteiger charge is -2.32. The first kappa shape index (κ1) is 26.0. The molecule has 202 valence electrons. The molecular formula is C29H33N7O3. The number of urea groups is 1. The quantitative estimate of drug-likeness (QED) is 0.318. The number of hydrogen-bond donors (Lipinski definition) is 3. The molecule has 4 aromatic rings. The van der Waals surface area contributed by atoms with Crippen molar-refractivity contribution in [1.82, 2.24) is 25.0 Å². The normalized spacial score (nSPS) is 13.8. The number of aryl methyl sites for hydroxylation is 1. The minimum absolute atomic E-state index is 0.0801. The van der Waals surface area contributed by atoms with Crippen LogP contribution in [0.15, 0.2) is 60.9 Å². The highest BCUT2D eigenvalue weighted by Gasteiger charge is 2.25. The van der Waals surface area contributed by atoms with Crippen LogP contribution in [0.4, 0.5) is 10.5 Å². The number of rotatable bonds is 8. The number of methoxy groups -OCH3 is 1. The minimum Gasteiger partial charge on any atom is -0.497 e. The van der Waals surface area contributed by atoms with Gasteiger partial charge >= 0.3 is 6.03 Å². The highest BCUT2D eigenvalue weighted by Crippen LogP contribution is 2.30. The SMILES string of the molecule is CCn1ncc2c(NC3CCN(C(N)=O)CC3)c(C(=O)NCc3ccccc3-c3cccc(OC)c3)cnc21. The molecule has 0 bridgehead atoms. The van der Waals surface area contributed by atoms with Crippen molar-refractivity contribution in [2.45, 2.75) is 38.9 Å². The third-order valence-corrected chi connectivity index (χ3v) is 7.20. The van der Waals surface area contributed by atoms with Gasteiger partial charge in [-0.2, -0.15) is 5.10 Å². The molecule has 0 aliphatic carbocycles. The smallest absolute Gasteiger partial charge is 0.314 e. The number of fused-ring (bicyclic) bond motifs is 1. The van der Waals surface area contributed by atoms with E-state index in [9.17, 15) is 9.59 Å². The Morgan fingerprint density at radius 1 is 1.10 bits per heavy atom. The number of ether oxygens (including phenoxy) is 1. The predicted octanol–water partition coefficient (Wildman–Crippen LogP) is 4.01. The van der Waals surface area contributed by atoms with E-state index in [0.717, 1.165) is 46.3 Å². The average molecular weight is 528 g/mol. The molecule has 10 heteroatoms. The maximum atomic E-state index is 13.6. The Bertz CT molecular complexity index is 1490. The molecular weight excluding hydrogens is 494 g/mol. The van der Waals surface area contributed by atoms with Crippen molar-refractivity contribution in [1.29, 1.82) is 0 Å². The number of hydrogen-bond acceptors (Lipinski definition) is 6. The third-order valence-electron chi connectivity index (χ3n) is 7.20. The molecule has 0 spiro atoms. The fourth-order valence-electron chi connectivity index (χ4n) is 5.05. The van der Waals surface area contributed by atoms with Crippen LogP contribution in [0.25, 0.3) is 22.2 Å². The maximum Gasteiger partial charge on any atom is 0.314 e. The first-order valence-corrected chi connectivity index (χ1v) is 13.1. The summed E-state index contributed by atoms with van der Waals surface area (Å²) in [5.41, 5.74) is 10.3. The second-order valence-corrected chi connectivity index (χ2v) is 9.56. The lowest BCUT2D eigenvalue weighted by Crippen LogP contribution is -2.44. The summed E-state index contributed by atoms with van der Waals surface area (Å²) < 4.78 is 7.20. The zero-order valence-corrected chi connectivity index (χ0v) is 22.2. The number of aromatic nitrogens is 3. The number of carbonyl (C=O) groups is 2. The number of primary amides is 1. The first-order valence-electron chi connectivity index (χ1n) is 13.1. The Kier molecular flexibility index (Phi) is 7.62. The van der Waals surface area contributed by atoms with Crippen LogP contribution >= 0.6 is 0 Å². The minimum atomic E-state index is -0.404. The zero-order chi connectivity index (χ0) is 27.4. The number of pyridine rings is 1. The fourth-order valence-corrected chi connectivity index (χ4v) is 5.05. The number of carbonyl (C=O) groups excluding carboxylic acids is 2. The molecule has 2 aromatic carbocycles. The second-order valence-electron chi connectivity index (χ2n) is 9.56. The lowest BCUT2D eigenvalue weighted by atomic mass is 9.99. The van der Waals surface area contributed by atoms with Gasteiger partial charge in [-0.15, -0.1) is 0 Å². The molecule has 2 aromatic heterocycles. The van der Waals surface area contributed by atoms with Crippen LogP contribution in [-0.4, -0.2) is 57.8 Å². The van der Waals surface area contributed by atoms with Gasteiger partial charge in [0.25, 0.3) is 5.91 Å². The molecule has 10 nitrogen and oxygen atoms in total. The number of likely N-dealkylation sites (tertiary alicyclic amines) is 1. The molecule has 0 saturated carbocycles. The van der Waals surface area contributed by atoms with Crippen LogP contribution in [-0.2, 0) is 13.1 Å². The van der Waals surface area contributed by atoms with E-state index in [1.807, 2.05) is 60.1 Å². The summed E-state index contributed by atoms with van der Waals surface area (Å²) in [5, 5.41) is 11.9. The van der Waals surface area contributed by atoms with Crippen LogP contribution in [0.3, 0.4) is 0 Å². The lowest BCUT2D eigenvalue weighted by molar-refractivity contribution is 0.0951. The van der Waals surface area contributed by atoms with E-state index in [4.69, 9.17) is 10.5 Å². The Balaban J connectivity index is 1.40. The monoisotopic (exact) mass is 527 g/mol. The fraction of sp³-hybridized carbons (Fsp3) is 0.310. The molecule has 1 saturated heterocycles. The molecule has 4 N–H and O–H groups in total. The van der Waals surface area contributed by atoms with Gasteiger partial charge in [0.2, 0.25) is 0 Å². The molecule has 0 radical (unpaired) electrons. The molecule has 1 aliphatic rings. The van der Waals surface area contributed by atoms with Gasteiger partial charge in [0.05, 0.1) is 29.9 Å². The topological polar surface area (TPSA) is 127 Å². The Morgan fingerprint density at radius 3 is 2.64 bits per heavy atom. The summed E-state index contributed by atoms with van der Waals surface area (Å²) in [6, 6.07) is 15.5. The van der Waals surface area contributed by atoms with Crippen LogP contribution in [0, 0.1) is 0 Å². The van der Waals surface area contributed by atoms with Crippen molar-refractivity contribution in [3.05, 3.63) is 72.1 Å². The van der Waals surface area contributed by atoms with E-state index >= 15 is 0 Å². The molecule has 3 heterocycles. The molecule has 3 amide bonds. The molecule has 1 fully saturated rings. The Hall–Kier alpha value is -4.60.